The monoisotopic (exact) mass is 562 g/mol. The van der Waals surface area contributed by atoms with Gasteiger partial charge in [0.25, 0.3) is 0 Å². The Labute approximate surface area is 240 Å². The van der Waals surface area contributed by atoms with E-state index in [-0.39, 0.29) is 18.0 Å². The van der Waals surface area contributed by atoms with E-state index in [2.05, 4.69) is 19.2 Å². The molecule has 1 aliphatic carbocycles. The molecule has 2 aromatic carbocycles. The first-order valence-corrected chi connectivity index (χ1v) is 13.7. The zero-order valence-electron chi connectivity index (χ0n) is 24.4. The van der Waals surface area contributed by atoms with Gasteiger partial charge in [0.05, 0.1) is 32.3 Å². The van der Waals surface area contributed by atoms with Crippen LogP contribution in [0.1, 0.15) is 57.7 Å². The molecule has 1 saturated carbocycles. The summed E-state index contributed by atoms with van der Waals surface area (Å²) in [6, 6.07) is 14.1. The molecule has 4 rings (SSSR count). The molecule has 2 amide bonds. The van der Waals surface area contributed by atoms with E-state index in [4.69, 9.17) is 14.5 Å². The maximum Gasteiger partial charge on any atom is 0.304 e. The molecule has 10 nitrogen and oxygen atoms in total. The number of aromatic nitrogens is 2. The predicted molar refractivity (Wildman–Crippen MR) is 155 cm³/mol. The van der Waals surface area contributed by atoms with Gasteiger partial charge in [0.2, 0.25) is 17.8 Å². The molecule has 0 radical (unpaired) electrons. The highest BCUT2D eigenvalue weighted by Crippen LogP contribution is 2.53. The molecule has 218 valence electrons. The highest BCUT2D eigenvalue weighted by molar-refractivity contribution is 5.96. The predicted octanol–water partition coefficient (Wildman–Crippen LogP) is 4.62. The van der Waals surface area contributed by atoms with Gasteiger partial charge in [-0.3, -0.25) is 24.3 Å². The second-order valence-corrected chi connectivity index (χ2v) is 11.1. The number of carboxylic acid groups (broad SMARTS) is 1. The maximum atomic E-state index is 13.8. The number of hydrogen-bond donors (Lipinski definition) is 2. The average Bonchev–Trinajstić information content (AvgIpc) is 3.36. The summed E-state index contributed by atoms with van der Waals surface area (Å²) in [5.41, 5.74) is 2.15. The number of methoxy groups -OCH3 is 2. The summed E-state index contributed by atoms with van der Waals surface area (Å²) < 4.78 is 12.5. The summed E-state index contributed by atoms with van der Waals surface area (Å²) >= 11 is 0. The van der Waals surface area contributed by atoms with Gasteiger partial charge in [-0.2, -0.15) is 0 Å². The molecule has 1 aliphatic rings. The van der Waals surface area contributed by atoms with Crippen LogP contribution in [0.4, 0.5) is 5.95 Å². The van der Waals surface area contributed by atoms with Crippen molar-refractivity contribution in [1.82, 2.24) is 14.5 Å². The summed E-state index contributed by atoms with van der Waals surface area (Å²) in [6.45, 7) is 7.64. The van der Waals surface area contributed by atoms with E-state index in [1.54, 1.807) is 32.0 Å². The van der Waals surface area contributed by atoms with Crippen molar-refractivity contribution in [2.45, 2.75) is 57.9 Å². The lowest BCUT2D eigenvalue weighted by molar-refractivity contribution is -0.143. The number of para-hydroxylation sites is 1. The maximum absolute atomic E-state index is 13.8. The van der Waals surface area contributed by atoms with Crippen molar-refractivity contribution in [3.8, 4) is 17.2 Å². The minimum atomic E-state index is -1.13. The van der Waals surface area contributed by atoms with Crippen LogP contribution in [-0.4, -0.2) is 64.1 Å². The van der Waals surface area contributed by atoms with Gasteiger partial charge in [0.15, 0.2) is 11.5 Å². The lowest BCUT2D eigenvalue weighted by Crippen LogP contribution is -2.45. The Morgan fingerprint density at radius 2 is 1.78 bits per heavy atom. The van der Waals surface area contributed by atoms with Crippen molar-refractivity contribution in [3.63, 3.8) is 0 Å². The lowest BCUT2D eigenvalue weighted by Gasteiger charge is -2.30. The summed E-state index contributed by atoms with van der Waals surface area (Å²) in [6.07, 6.45) is 2.53. The minimum absolute atomic E-state index is 0.0527. The molecule has 10 heteroatoms. The van der Waals surface area contributed by atoms with Crippen LogP contribution in [-0.2, 0) is 19.8 Å². The molecule has 0 saturated heterocycles. The molecule has 3 atom stereocenters. The van der Waals surface area contributed by atoms with E-state index >= 15 is 0 Å². The smallest absolute Gasteiger partial charge is 0.304 e. The Morgan fingerprint density at radius 3 is 2.34 bits per heavy atom. The third-order valence-electron chi connectivity index (χ3n) is 7.94. The summed E-state index contributed by atoms with van der Waals surface area (Å²) in [7, 11) is 2.96. The molecule has 2 N–H and O–H groups in total. The molecule has 3 aromatic rings. The first kappa shape index (κ1) is 29.6. The second-order valence-electron chi connectivity index (χ2n) is 11.1. The van der Waals surface area contributed by atoms with Gasteiger partial charge in [-0.05, 0) is 56.0 Å². The summed E-state index contributed by atoms with van der Waals surface area (Å²) in [5.74, 6) is -1.38. The van der Waals surface area contributed by atoms with E-state index in [1.807, 2.05) is 41.1 Å². The number of ether oxygens (including phenoxy) is 2. The number of nitrogens with zero attached hydrogens (tertiary/aromatic N) is 3. The SMILES string of the molecule is COc1ccc(C(CC(=O)O)C(=O)N(CC(=O)Nc2nc(C3(C)CC3C)cn2-c2ccccc2)C(C)C)cc1OC. The van der Waals surface area contributed by atoms with Crippen molar-refractivity contribution in [2.24, 2.45) is 5.92 Å². The van der Waals surface area contributed by atoms with Crippen LogP contribution in [0.15, 0.2) is 54.7 Å². The van der Waals surface area contributed by atoms with Crippen LogP contribution in [0.2, 0.25) is 0 Å². The molecule has 0 bridgehead atoms. The zero-order chi connectivity index (χ0) is 29.9. The van der Waals surface area contributed by atoms with E-state index in [1.165, 1.54) is 19.1 Å². The summed E-state index contributed by atoms with van der Waals surface area (Å²) in [5, 5.41) is 12.5. The van der Waals surface area contributed by atoms with E-state index in [0.717, 1.165) is 17.8 Å². The number of carbonyl (C=O) groups excluding carboxylic acids is 2. The van der Waals surface area contributed by atoms with Crippen LogP contribution in [0.25, 0.3) is 5.69 Å². The van der Waals surface area contributed by atoms with Gasteiger partial charge < -0.3 is 19.5 Å². The highest BCUT2D eigenvalue weighted by Gasteiger charge is 2.50. The number of imidazole rings is 1. The molecule has 1 heterocycles. The number of hydrogen-bond acceptors (Lipinski definition) is 6. The van der Waals surface area contributed by atoms with Crippen LogP contribution in [0, 0.1) is 5.92 Å². The standard InChI is InChI=1S/C31H38N4O6/c1-19(2)34(29(39)23(15-28(37)38)21-12-13-24(40-5)25(14-21)41-6)18-27(36)33-30-32-26(31(4)16-20(31)3)17-35(30)22-10-8-7-9-11-22/h7-14,17,19-20,23H,15-16,18H2,1-6H3,(H,37,38)(H,32,33,36). The van der Waals surface area contributed by atoms with Crippen LogP contribution in [0.3, 0.4) is 0 Å². The van der Waals surface area contributed by atoms with Gasteiger partial charge >= 0.3 is 5.97 Å². The van der Waals surface area contributed by atoms with Crippen LogP contribution >= 0.6 is 0 Å². The average molecular weight is 563 g/mol. The normalized spacial score (nSPS) is 18.5. The van der Waals surface area contributed by atoms with Gasteiger partial charge in [-0.1, -0.05) is 38.1 Å². The quantitative estimate of drug-likeness (QED) is 0.330. The molecule has 0 aliphatic heterocycles. The Kier molecular flexibility index (Phi) is 8.70. The molecule has 1 fully saturated rings. The number of anilines is 1. The number of carboxylic acids is 1. The highest BCUT2D eigenvalue weighted by atomic mass is 16.5. The van der Waals surface area contributed by atoms with Crippen LogP contribution < -0.4 is 14.8 Å². The minimum Gasteiger partial charge on any atom is -0.493 e. The van der Waals surface area contributed by atoms with E-state index < -0.39 is 30.1 Å². The fraction of sp³-hybridized carbons (Fsp3) is 0.419. The lowest BCUT2D eigenvalue weighted by atomic mass is 9.93. The number of amides is 2. The van der Waals surface area contributed by atoms with Crippen molar-refractivity contribution < 1.29 is 29.0 Å². The van der Waals surface area contributed by atoms with Gasteiger partial charge in [-0.15, -0.1) is 0 Å². The van der Waals surface area contributed by atoms with Gasteiger partial charge in [-0.25, -0.2) is 4.98 Å². The number of aliphatic carboxylic acids is 1. The Balaban J connectivity index is 1.60. The van der Waals surface area contributed by atoms with Crippen molar-refractivity contribution in [3.05, 3.63) is 66.0 Å². The Morgan fingerprint density at radius 1 is 1.12 bits per heavy atom. The molecular formula is C31H38N4O6. The number of nitrogens with one attached hydrogen (secondary N) is 1. The van der Waals surface area contributed by atoms with Crippen molar-refractivity contribution >= 4 is 23.7 Å². The third kappa shape index (κ3) is 6.37. The fourth-order valence-corrected chi connectivity index (χ4v) is 5.09. The molecule has 0 spiro atoms. The fourth-order valence-electron chi connectivity index (χ4n) is 5.09. The molecule has 3 unspecified atom stereocenters. The summed E-state index contributed by atoms with van der Waals surface area (Å²) in [4.78, 5) is 45.2. The van der Waals surface area contributed by atoms with Crippen LogP contribution in [0.5, 0.6) is 11.5 Å². The first-order valence-electron chi connectivity index (χ1n) is 13.7. The first-order chi connectivity index (χ1) is 19.5. The van der Waals surface area contributed by atoms with Gasteiger partial charge in [0.1, 0.15) is 6.54 Å². The van der Waals surface area contributed by atoms with E-state index in [0.29, 0.717) is 28.9 Å². The molecule has 1 aromatic heterocycles. The van der Waals surface area contributed by atoms with Crippen molar-refractivity contribution in [1.29, 1.82) is 0 Å². The topological polar surface area (TPSA) is 123 Å². The van der Waals surface area contributed by atoms with Crippen molar-refractivity contribution in [2.75, 3.05) is 26.1 Å². The molecule has 41 heavy (non-hydrogen) atoms. The van der Waals surface area contributed by atoms with E-state index in [9.17, 15) is 19.5 Å². The number of rotatable bonds is 12. The third-order valence-corrected chi connectivity index (χ3v) is 7.94. The number of carbonyl (C=O) groups is 3. The zero-order valence-corrected chi connectivity index (χ0v) is 24.4. The largest absolute Gasteiger partial charge is 0.493 e. The molecular weight excluding hydrogens is 524 g/mol. The second kappa shape index (κ2) is 12.0. The number of benzene rings is 2. The Bertz CT molecular complexity index is 1420. The Hall–Kier alpha value is -4.34. The van der Waals surface area contributed by atoms with Gasteiger partial charge in [0, 0.05) is 23.3 Å².